The Balaban J connectivity index is 1.22. The summed E-state index contributed by atoms with van der Waals surface area (Å²) in [5.74, 6) is 0.705. The van der Waals surface area contributed by atoms with Crippen molar-refractivity contribution < 1.29 is 9.59 Å². The third kappa shape index (κ3) is 4.22. The van der Waals surface area contributed by atoms with Crippen molar-refractivity contribution >= 4 is 57.8 Å². The Bertz CT molecular complexity index is 1120. The van der Waals surface area contributed by atoms with Crippen LogP contribution >= 0.6 is 23.4 Å². The molecule has 2 aliphatic rings. The largest absolute Gasteiger partial charge is 0.341 e. The summed E-state index contributed by atoms with van der Waals surface area (Å²) >= 11 is 7.44. The highest BCUT2D eigenvalue weighted by Crippen LogP contribution is 2.38. The molecule has 7 nitrogen and oxygen atoms in total. The number of thioether (sulfide) groups is 1. The zero-order valence-electron chi connectivity index (χ0n) is 16.8. The predicted octanol–water partition coefficient (Wildman–Crippen LogP) is 3.76. The summed E-state index contributed by atoms with van der Waals surface area (Å²) in [6, 6.07) is 13.4. The standard InChI is InChI=1S/C22H22ClN5O2S/c23-14-6-7-18-17(12-14)24-21(30)19(31-18)13-20(29)27-8-3-9-28(11-10-27)22-25-15-4-1-2-5-16(15)26-22/h1-2,4-7,12,19H,3,8-11,13H2,(H,24,30)(H,25,26). The Kier molecular flexibility index (Phi) is 5.50. The minimum absolute atomic E-state index is 0.0107. The first-order valence-electron chi connectivity index (χ1n) is 10.3. The van der Waals surface area contributed by atoms with Gasteiger partial charge in [0.2, 0.25) is 17.8 Å². The van der Waals surface area contributed by atoms with E-state index in [9.17, 15) is 9.59 Å². The molecule has 1 unspecified atom stereocenters. The van der Waals surface area contributed by atoms with Crippen molar-refractivity contribution in [1.29, 1.82) is 0 Å². The SMILES string of the molecule is O=C1Nc2cc(Cl)ccc2SC1CC(=O)N1CCCN(c2nc3ccccc3[nH]2)CC1. The fraction of sp³-hybridized carbons (Fsp3) is 0.318. The number of benzene rings is 2. The van der Waals surface area contributed by atoms with Gasteiger partial charge in [-0.2, -0.15) is 0 Å². The van der Waals surface area contributed by atoms with Gasteiger partial charge >= 0.3 is 0 Å². The number of para-hydroxylation sites is 2. The van der Waals surface area contributed by atoms with E-state index in [1.54, 1.807) is 12.1 Å². The number of H-pyrrole nitrogens is 1. The lowest BCUT2D eigenvalue weighted by atomic mass is 10.2. The second-order valence-corrected chi connectivity index (χ2v) is 9.42. The summed E-state index contributed by atoms with van der Waals surface area (Å²) in [7, 11) is 0. The number of carbonyl (C=O) groups excluding carboxylic acids is 2. The molecular formula is C22H22ClN5O2S. The fourth-order valence-electron chi connectivity index (χ4n) is 4.01. The van der Waals surface area contributed by atoms with Gasteiger partial charge < -0.3 is 20.1 Å². The van der Waals surface area contributed by atoms with Gasteiger partial charge in [-0.15, -0.1) is 11.8 Å². The van der Waals surface area contributed by atoms with Crippen LogP contribution in [0.25, 0.3) is 11.0 Å². The third-order valence-electron chi connectivity index (χ3n) is 5.65. The van der Waals surface area contributed by atoms with Gasteiger partial charge in [-0.25, -0.2) is 4.98 Å². The lowest BCUT2D eigenvalue weighted by Gasteiger charge is -2.27. The van der Waals surface area contributed by atoms with Gasteiger partial charge in [0.15, 0.2) is 0 Å². The molecule has 3 heterocycles. The maximum atomic E-state index is 13.0. The number of halogens is 1. The molecular weight excluding hydrogens is 434 g/mol. The number of fused-ring (bicyclic) bond motifs is 2. The minimum Gasteiger partial charge on any atom is -0.341 e. The second-order valence-electron chi connectivity index (χ2n) is 7.74. The summed E-state index contributed by atoms with van der Waals surface area (Å²) in [6.07, 6.45) is 1.04. The first-order chi connectivity index (χ1) is 15.1. The number of nitrogens with zero attached hydrogens (tertiary/aromatic N) is 3. The van der Waals surface area contributed by atoms with Crippen molar-refractivity contribution in [2.45, 2.75) is 23.0 Å². The van der Waals surface area contributed by atoms with Crippen LogP contribution < -0.4 is 10.2 Å². The number of rotatable bonds is 3. The topological polar surface area (TPSA) is 81.3 Å². The van der Waals surface area contributed by atoms with Gasteiger partial charge in [-0.3, -0.25) is 9.59 Å². The van der Waals surface area contributed by atoms with Gasteiger partial charge in [0.25, 0.3) is 0 Å². The highest BCUT2D eigenvalue weighted by atomic mass is 35.5. The van der Waals surface area contributed by atoms with E-state index >= 15 is 0 Å². The van der Waals surface area contributed by atoms with E-state index in [2.05, 4.69) is 20.2 Å². The van der Waals surface area contributed by atoms with E-state index in [1.165, 1.54) is 11.8 Å². The van der Waals surface area contributed by atoms with Crippen molar-refractivity contribution in [3.8, 4) is 0 Å². The monoisotopic (exact) mass is 455 g/mol. The molecule has 160 valence electrons. The Morgan fingerprint density at radius 1 is 1.16 bits per heavy atom. The van der Waals surface area contributed by atoms with Gasteiger partial charge in [0.1, 0.15) is 0 Å². The Labute approximate surface area is 189 Å². The minimum atomic E-state index is -0.434. The van der Waals surface area contributed by atoms with E-state index in [0.717, 1.165) is 34.8 Å². The zero-order chi connectivity index (χ0) is 21.4. The van der Waals surface area contributed by atoms with Gasteiger partial charge in [-0.05, 0) is 36.8 Å². The van der Waals surface area contributed by atoms with Crippen LogP contribution in [-0.2, 0) is 9.59 Å². The molecule has 31 heavy (non-hydrogen) atoms. The Hall–Kier alpha value is -2.71. The highest BCUT2D eigenvalue weighted by molar-refractivity contribution is 8.01. The quantitative estimate of drug-likeness (QED) is 0.628. The molecule has 0 saturated carbocycles. The zero-order valence-corrected chi connectivity index (χ0v) is 18.4. The molecule has 3 aromatic rings. The van der Waals surface area contributed by atoms with Crippen LogP contribution in [0.3, 0.4) is 0 Å². The van der Waals surface area contributed by atoms with Crippen molar-refractivity contribution in [2.75, 3.05) is 36.4 Å². The maximum Gasteiger partial charge on any atom is 0.238 e. The van der Waals surface area contributed by atoms with E-state index in [1.807, 2.05) is 35.2 Å². The number of aromatic amines is 1. The average molecular weight is 456 g/mol. The highest BCUT2D eigenvalue weighted by Gasteiger charge is 2.31. The van der Waals surface area contributed by atoms with E-state index in [4.69, 9.17) is 11.6 Å². The van der Waals surface area contributed by atoms with Crippen LogP contribution in [0.15, 0.2) is 47.4 Å². The normalized spacial score (nSPS) is 19.1. The molecule has 0 spiro atoms. The first kappa shape index (κ1) is 20.2. The smallest absolute Gasteiger partial charge is 0.238 e. The van der Waals surface area contributed by atoms with Crippen molar-refractivity contribution in [1.82, 2.24) is 14.9 Å². The molecule has 0 radical (unpaired) electrons. The summed E-state index contributed by atoms with van der Waals surface area (Å²) < 4.78 is 0. The molecule has 1 aromatic heterocycles. The maximum absolute atomic E-state index is 13.0. The van der Waals surface area contributed by atoms with Gasteiger partial charge in [-0.1, -0.05) is 23.7 Å². The summed E-state index contributed by atoms with van der Waals surface area (Å²) in [6.45, 7) is 2.83. The molecule has 5 rings (SSSR count). The van der Waals surface area contributed by atoms with E-state index in [-0.39, 0.29) is 18.2 Å². The van der Waals surface area contributed by atoms with Crippen LogP contribution in [0.4, 0.5) is 11.6 Å². The lowest BCUT2D eigenvalue weighted by molar-refractivity contribution is -0.132. The third-order valence-corrected chi connectivity index (χ3v) is 7.16. The van der Waals surface area contributed by atoms with Crippen LogP contribution in [0.2, 0.25) is 5.02 Å². The summed E-state index contributed by atoms with van der Waals surface area (Å²) in [5.41, 5.74) is 2.66. The number of carbonyl (C=O) groups is 2. The Morgan fingerprint density at radius 2 is 2.03 bits per heavy atom. The van der Waals surface area contributed by atoms with Crippen LogP contribution in [0.1, 0.15) is 12.8 Å². The number of hydrogen-bond donors (Lipinski definition) is 2. The van der Waals surface area contributed by atoms with Crippen molar-refractivity contribution in [3.05, 3.63) is 47.5 Å². The van der Waals surface area contributed by atoms with Crippen molar-refractivity contribution in [2.24, 2.45) is 0 Å². The van der Waals surface area contributed by atoms with Crippen LogP contribution in [0, 0.1) is 0 Å². The Morgan fingerprint density at radius 3 is 2.90 bits per heavy atom. The average Bonchev–Trinajstić information content (AvgIpc) is 3.03. The number of imidazole rings is 1. The fourth-order valence-corrected chi connectivity index (χ4v) is 5.27. The number of anilines is 2. The molecule has 1 atom stereocenters. The molecule has 1 saturated heterocycles. The molecule has 0 aliphatic carbocycles. The summed E-state index contributed by atoms with van der Waals surface area (Å²) in [5, 5.41) is 3.02. The molecule has 2 aromatic carbocycles. The summed E-state index contributed by atoms with van der Waals surface area (Å²) in [4.78, 5) is 38.5. The van der Waals surface area contributed by atoms with Gasteiger partial charge in [0, 0.05) is 42.5 Å². The molecule has 1 fully saturated rings. The predicted molar refractivity (Wildman–Crippen MR) is 124 cm³/mol. The first-order valence-corrected chi connectivity index (χ1v) is 11.6. The van der Waals surface area contributed by atoms with E-state index < -0.39 is 5.25 Å². The number of aromatic nitrogens is 2. The van der Waals surface area contributed by atoms with Crippen molar-refractivity contribution in [3.63, 3.8) is 0 Å². The number of hydrogen-bond acceptors (Lipinski definition) is 5. The molecule has 2 aliphatic heterocycles. The van der Waals surface area contributed by atoms with E-state index in [0.29, 0.717) is 30.3 Å². The van der Waals surface area contributed by atoms with Gasteiger partial charge in [0.05, 0.1) is 22.0 Å². The van der Waals surface area contributed by atoms with Crippen LogP contribution in [-0.4, -0.2) is 58.1 Å². The molecule has 0 bridgehead atoms. The number of nitrogens with one attached hydrogen (secondary N) is 2. The molecule has 2 amide bonds. The number of amides is 2. The molecule has 9 heteroatoms. The lowest BCUT2D eigenvalue weighted by Crippen LogP contribution is -2.39. The second kappa shape index (κ2) is 8.43. The van der Waals surface area contributed by atoms with Crippen LogP contribution in [0.5, 0.6) is 0 Å². The molecule has 2 N–H and O–H groups in total.